The third-order valence-corrected chi connectivity index (χ3v) is 6.49. The standard InChI is InChI=1S/C23H25Cl2N2O3S/c1-23(2,3)30-22(28)27(9-5-4-6-10-27)31-21-11-16(15-26)7-8-20(21)29-19-13-17(24)12-18(25)14-19/h7-8,11-14H,4-6,9-10H2,1-3H3/q+1. The van der Waals surface area contributed by atoms with Crippen LogP contribution in [-0.4, -0.2) is 28.7 Å². The fourth-order valence-electron chi connectivity index (χ4n) is 3.32. The van der Waals surface area contributed by atoms with E-state index in [9.17, 15) is 10.1 Å². The minimum atomic E-state index is -0.592. The summed E-state index contributed by atoms with van der Waals surface area (Å²) in [6.45, 7) is 6.90. The Balaban J connectivity index is 1.98. The van der Waals surface area contributed by atoms with E-state index in [1.54, 1.807) is 36.4 Å². The van der Waals surface area contributed by atoms with Crippen LogP contribution in [0.25, 0.3) is 0 Å². The van der Waals surface area contributed by atoms with Crippen molar-refractivity contribution < 1.29 is 18.2 Å². The number of carbonyl (C=O) groups excluding carboxylic acids is 1. The molecule has 8 heteroatoms. The van der Waals surface area contributed by atoms with Crippen LogP contribution in [0.4, 0.5) is 4.79 Å². The number of benzene rings is 2. The molecule has 1 fully saturated rings. The lowest BCUT2D eigenvalue weighted by Crippen LogP contribution is -2.52. The Morgan fingerprint density at radius 3 is 2.29 bits per heavy atom. The van der Waals surface area contributed by atoms with E-state index in [0.717, 1.165) is 19.3 Å². The fourth-order valence-corrected chi connectivity index (χ4v) is 5.13. The number of piperidine rings is 1. The van der Waals surface area contributed by atoms with E-state index < -0.39 is 5.60 Å². The van der Waals surface area contributed by atoms with Gasteiger partial charge in [-0.1, -0.05) is 23.2 Å². The largest absolute Gasteiger partial charge is 0.528 e. The Morgan fingerprint density at radius 1 is 1.06 bits per heavy atom. The second-order valence-electron chi connectivity index (χ2n) is 8.45. The third kappa shape index (κ3) is 6.30. The first-order valence-corrected chi connectivity index (χ1v) is 11.6. The summed E-state index contributed by atoms with van der Waals surface area (Å²) in [4.78, 5) is 13.9. The number of nitriles is 1. The van der Waals surface area contributed by atoms with Crippen LogP contribution in [0, 0.1) is 11.3 Å². The topological polar surface area (TPSA) is 59.3 Å². The van der Waals surface area contributed by atoms with Gasteiger partial charge in [-0.2, -0.15) is 13.9 Å². The predicted molar refractivity (Wildman–Crippen MR) is 124 cm³/mol. The summed E-state index contributed by atoms with van der Waals surface area (Å²) in [6.07, 6.45) is 2.64. The van der Waals surface area contributed by atoms with Crippen molar-refractivity contribution in [2.75, 3.05) is 13.1 Å². The monoisotopic (exact) mass is 479 g/mol. The molecule has 164 valence electrons. The van der Waals surface area contributed by atoms with Gasteiger partial charge in [0.15, 0.2) is 0 Å². The molecule has 0 radical (unpaired) electrons. The lowest BCUT2D eigenvalue weighted by Gasteiger charge is -2.36. The van der Waals surface area contributed by atoms with E-state index in [4.69, 9.17) is 32.7 Å². The van der Waals surface area contributed by atoms with Crippen LogP contribution >= 0.6 is 35.1 Å². The van der Waals surface area contributed by atoms with Crippen molar-refractivity contribution >= 4 is 41.2 Å². The molecule has 0 N–H and O–H groups in total. The fraction of sp³-hybridized carbons (Fsp3) is 0.391. The highest BCUT2D eigenvalue weighted by Gasteiger charge is 2.45. The number of amides is 1. The van der Waals surface area contributed by atoms with Crippen LogP contribution in [-0.2, 0) is 4.74 Å². The number of ether oxygens (including phenoxy) is 2. The van der Waals surface area contributed by atoms with Crippen molar-refractivity contribution in [2.45, 2.75) is 50.5 Å². The second kappa shape index (κ2) is 9.70. The molecule has 1 aliphatic rings. The summed E-state index contributed by atoms with van der Waals surface area (Å²) >= 11 is 13.6. The van der Waals surface area contributed by atoms with E-state index in [1.165, 1.54) is 11.9 Å². The van der Waals surface area contributed by atoms with Gasteiger partial charge in [0.2, 0.25) is 0 Å². The molecule has 0 aromatic heterocycles. The average molecular weight is 480 g/mol. The Hall–Kier alpha value is -1.91. The molecule has 31 heavy (non-hydrogen) atoms. The second-order valence-corrected chi connectivity index (χ2v) is 10.6. The Labute approximate surface area is 197 Å². The number of nitrogens with zero attached hydrogens (tertiary/aromatic N) is 2. The number of halogens is 2. The molecule has 2 aromatic carbocycles. The molecular formula is C23H25Cl2N2O3S+. The van der Waals surface area contributed by atoms with Gasteiger partial charge in [0, 0.05) is 10.0 Å². The minimum Gasteiger partial charge on any atom is -0.456 e. The third-order valence-electron chi connectivity index (χ3n) is 4.67. The predicted octanol–water partition coefficient (Wildman–Crippen LogP) is 7.60. The zero-order valence-electron chi connectivity index (χ0n) is 17.8. The minimum absolute atomic E-state index is 0.0960. The first-order chi connectivity index (χ1) is 14.6. The maximum absolute atomic E-state index is 13.2. The molecule has 1 amide bonds. The highest BCUT2D eigenvalue weighted by atomic mass is 35.5. The van der Waals surface area contributed by atoms with Crippen LogP contribution in [0.2, 0.25) is 10.0 Å². The zero-order chi connectivity index (χ0) is 22.6. The molecule has 1 heterocycles. The Kier molecular flexibility index (Phi) is 7.43. The van der Waals surface area contributed by atoms with Gasteiger partial charge in [0.1, 0.15) is 47.0 Å². The summed E-state index contributed by atoms with van der Waals surface area (Å²) in [5.74, 6) is 1.00. The first-order valence-electron chi connectivity index (χ1n) is 10.1. The SMILES string of the molecule is CC(C)(C)OC(=O)[N+]1(Sc2cc(C#N)ccc2Oc2cc(Cl)cc(Cl)c2)CCCCC1. The zero-order valence-corrected chi connectivity index (χ0v) is 20.1. The van der Waals surface area contributed by atoms with Gasteiger partial charge in [-0.15, -0.1) is 0 Å². The molecule has 1 aliphatic heterocycles. The number of rotatable bonds is 4. The molecule has 0 saturated carbocycles. The van der Waals surface area contributed by atoms with E-state index in [1.807, 2.05) is 20.8 Å². The number of likely N-dealkylation sites (tertiary alicyclic amines) is 1. The summed E-state index contributed by atoms with van der Waals surface area (Å²) in [7, 11) is 0. The molecular weight excluding hydrogens is 455 g/mol. The van der Waals surface area contributed by atoms with Gasteiger partial charge in [-0.3, -0.25) is 0 Å². The van der Waals surface area contributed by atoms with Gasteiger partial charge in [0.25, 0.3) is 0 Å². The summed E-state index contributed by atoms with van der Waals surface area (Å²) in [6, 6.07) is 12.3. The van der Waals surface area contributed by atoms with E-state index in [2.05, 4.69) is 6.07 Å². The number of carbonyl (C=O) groups is 1. The molecule has 0 aliphatic carbocycles. The van der Waals surface area contributed by atoms with Crippen LogP contribution in [0.3, 0.4) is 0 Å². The lowest BCUT2D eigenvalue weighted by atomic mass is 10.1. The van der Waals surface area contributed by atoms with Crippen molar-refractivity contribution in [3.63, 3.8) is 0 Å². The molecule has 5 nitrogen and oxygen atoms in total. The molecule has 1 saturated heterocycles. The van der Waals surface area contributed by atoms with Crippen molar-refractivity contribution in [3.8, 4) is 17.6 Å². The normalized spacial score (nSPS) is 15.7. The Morgan fingerprint density at radius 2 is 1.71 bits per heavy atom. The Bertz CT molecular complexity index is 989. The summed E-state index contributed by atoms with van der Waals surface area (Å²) < 4.78 is 11.9. The van der Waals surface area contributed by atoms with Gasteiger partial charge < -0.3 is 9.47 Å². The van der Waals surface area contributed by atoms with Gasteiger partial charge >= 0.3 is 6.09 Å². The van der Waals surface area contributed by atoms with Gasteiger partial charge in [-0.25, -0.2) is 0 Å². The summed E-state index contributed by atoms with van der Waals surface area (Å²) in [5, 5.41) is 10.3. The molecule has 0 atom stereocenters. The van der Waals surface area contributed by atoms with E-state index in [0.29, 0.717) is 45.1 Å². The quantitative estimate of drug-likeness (QED) is 0.333. The highest BCUT2D eigenvalue weighted by Crippen LogP contribution is 2.43. The van der Waals surface area contributed by atoms with E-state index >= 15 is 0 Å². The van der Waals surface area contributed by atoms with E-state index in [-0.39, 0.29) is 9.98 Å². The lowest BCUT2D eigenvalue weighted by molar-refractivity contribution is -0.727. The number of hydrogen-bond donors (Lipinski definition) is 0. The van der Waals surface area contributed by atoms with Crippen LogP contribution in [0.15, 0.2) is 41.3 Å². The summed E-state index contributed by atoms with van der Waals surface area (Å²) in [5.41, 5.74) is -0.107. The van der Waals surface area contributed by atoms with Gasteiger partial charge in [-0.05, 0) is 76.4 Å². The maximum Gasteiger partial charge on any atom is 0.528 e. The smallest absolute Gasteiger partial charge is 0.456 e. The van der Waals surface area contributed by atoms with Crippen molar-refractivity contribution in [1.29, 1.82) is 5.26 Å². The molecule has 0 bridgehead atoms. The average Bonchev–Trinajstić information content (AvgIpc) is 2.68. The number of hydrogen-bond acceptors (Lipinski definition) is 5. The molecule has 2 aromatic rings. The van der Waals surface area contributed by atoms with Crippen molar-refractivity contribution in [3.05, 3.63) is 52.0 Å². The molecule has 3 rings (SSSR count). The van der Waals surface area contributed by atoms with Crippen molar-refractivity contribution in [2.24, 2.45) is 0 Å². The maximum atomic E-state index is 13.2. The highest BCUT2D eigenvalue weighted by molar-refractivity contribution is 7.94. The van der Waals surface area contributed by atoms with Crippen molar-refractivity contribution in [1.82, 2.24) is 0 Å². The van der Waals surface area contributed by atoms with Crippen LogP contribution < -0.4 is 4.74 Å². The van der Waals surface area contributed by atoms with Crippen LogP contribution in [0.5, 0.6) is 11.5 Å². The number of quaternary nitrogens is 1. The van der Waals surface area contributed by atoms with Gasteiger partial charge in [0.05, 0.1) is 11.6 Å². The first kappa shape index (κ1) is 23.7. The molecule has 0 unspecified atom stereocenters. The van der Waals surface area contributed by atoms with Crippen LogP contribution in [0.1, 0.15) is 45.6 Å². The molecule has 0 spiro atoms.